The highest BCUT2D eigenvalue weighted by molar-refractivity contribution is 4.39. The van der Waals surface area contributed by atoms with E-state index >= 15 is 0 Å². The van der Waals surface area contributed by atoms with Crippen molar-refractivity contribution in [2.24, 2.45) is 0 Å². The first-order valence-electron chi connectivity index (χ1n) is 3.36. The molecule has 0 bridgehead atoms. The third-order valence-electron chi connectivity index (χ3n) is 0.577. The van der Waals surface area contributed by atoms with E-state index in [9.17, 15) is 0 Å². The molecule has 0 aromatic carbocycles. The number of hydrogen-bond acceptors (Lipinski definition) is 4. The van der Waals surface area contributed by atoms with Gasteiger partial charge < -0.3 is 26.1 Å². The SMILES string of the molecule is CCO.O.OCCNCCO. The molecule has 0 fully saturated rings. The van der Waals surface area contributed by atoms with Crippen LogP contribution in [0, 0.1) is 0 Å². The Balaban J connectivity index is -0.000000140. The molecule has 0 aliphatic carbocycles. The molecule has 72 valence electrons. The van der Waals surface area contributed by atoms with E-state index in [0.717, 1.165) is 0 Å². The van der Waals surface area contributed by atoms with Crippen LogP contribution in [0.2, 0.25) is 0 Å². The minimum atomic E-state index is 0. The Morgan fingerprint density at radius 1 is 1.00 bits per heavy atom. The van der Waals surface area contributed by atoms with Crippen LogP contribution in [0.4, 0.5) is 0 Å². The second kappa shape index (κ2) is 22.6. The van der Waals surface area contributed by atoms with Gasteiger partial charge in [0.2, 0.25) is 0 Å². The summed E-state index contributed by atoms with van der Waals surface area (Å²) in [7, 11) is 0. The normalized spacial score (nSPS) is 7.64. The van der Waals surface area contributed by atoms with Crippen LogP contribution in [0.3, 0.4) is 0 Å². The summed E-state index contributed by atoms with van der Waals surface area (Å²) in [4.78, 5) is 0. The first-order chi connectivity index (χ1) is 4.83. The summed E-state index contributed by atoms with van der Waals surface area (Å²) in [6.45, 7) is 3.35. The molecule has 6 N–H and O–H groups in total. The molecule has 0 aromatic heterocycles. The van der Waals surface area contributed by atoms with Gasteiger partial charge in [-0.05, 0) is 6.92 Å². The fraction of sp³-hybridized carbons (Fsp3) is 1.00. The van der Waals surface area contributed by atoms with Crippen molar-refractivity contribution in [2.45, 2.75) is 6.92 Å². The summed E-state index contributed by atoms with van der Waals surface area (Å²) < 4.78 is 0. The highest BCUT2D eigenvalue weighted by Gasteiger charge is 1.78. The second-order valence-electron chi connectivity index (χ2n) is 1.51. The standard InChI is InChI=1S/C4H11NO2.C2H6O.H2O/c6-3-1-5-2-4-7;1-2-3;/h5-7H,1-4H2;3H,2H2,1H3;1H2. The lowest BCUT2D eigenvalue weighted by Gasteiger charge is -1.94. The van der Waals surface area contributed by atoms with E-state index in [1.165, 1.54) is 0 Å². The zero-order chi connectivity index (χ0) is 8.24. The monoisotopic (exact) mass is 169 g/mol. The summed E-state index contributed by atoms with van der Waals surface area (Å²) in [5, 5.41) is 26.7. The minimum Gasteiger partial charge on any atom is -0.412 e. The molecule has 0 amide bonds. The zero-order valence-electron chi connectivity index (χ0n) is 6.88. The first-order valence-corrected chi connectivity index (χ1v) is 3.36. The molecule has 0 aromatic rings. The maximum Gasteiger partial charge on any atom is 0.0555 e. The van der Waals surface area contributed by atoms with Crippen LogP contribution >= 0.6 is 0 Å². The molecule has 0 spiro atoms. The summed E-state index contributed by atoms with van der Waals surface area (Å²) >= 11 is 0. The quantitative estimate of drug-likeness (QED) is 0.356. The Hall–Kier alpha value is -0.200. The van der Waals surface area contributed by atoms with Crippen molar-refractivity contribution >= 4 is 0 Å². The fourth-order valence-electron chi connectivity index (χ4n) is 0.283. The van der Waals surface area contributed by atoms with Crippen LogP contribution in [0.25, 0.3) is 0 Å². The van der Waals surface area contributed by atoms with Gasteiger partial charge in [0.25, 0.3) is 0 Å². The molecule has 0 atom stereocenters. The average Bonchev–Trinajstić information content (AvgIpc) is 1.91. The fourth-order valence-corrected chi connectivity index (χ4v) is 0.283. The number of aliphatic hydroxyl groups excluding tert-OH is 3. The summed E-state index contributed by atoms with van der Waals surface area (Å²) in [6.07, 6.45) is 0. The third-order valence-corrected chi connectivity index (χ3v) is 0.577. The number of nitrogens with one attached hydrogen (secondary N) is 1. The molecule has 5 nitrogen and oxygen atoms in total. The highest BCUT2D eigenvalue weighted by atomic mass is 16.3. The van der Waals surface area contributed by atoms with Gasteiger partial charge in [-0.2, -0.15) is 0 Å². The Kier molecular flexibility index (Phi) is 35.0. The Labute approximate surface area is 67.0 Å². The lowest BCUT2D eigenvalue weighted by atomic mass is 10.6. The van der Waals surface area contributed by atoms with Crippen molar-refractivity contribution in [3.05, 3.63) is 0 Å². The molecule has 0 rings (SSSR count). The van der Waals surface area contributed by atoms with E-state index in [0.29, 0.717) is 13.1 Å². The second-order valence-corrected chi connectivity index (χ2v) is 1.51. The molecule has 11 heavy (non-hydrogen) atoms. The van der Waals surface area contributed by atoms with E-state index in [1.807, 2.05) is 0 Å². The van der Waals surface area contributed by atoms with Gasteiger partial charge in [-0.25, -0.2) is 0 Å². The van der Waals surface area contributed by atoms with Crippen LogP contribution in [0.1, 0.15) is 6.92 Å². The molecule has 0 aliphatic rings. The molecule has 0 saturated carbocycles. The minimum absolute atomic E-state index is 0. The molecule has 0 radical (unpaired) electrons. The van der Waals surface area contributed by atoms with Crippen LogP contribution in [0.15, 0.2) is 0 Å². The van der Waals surface area contributed by atoms with Gasteiger partial charge >= 0.3 is 0 Å². The molecule has 5 heteroatoms. The molecule has 0 unspecified atom stereocenters. The third kappa shape index (κ3) is 41.3. The van der Waals surface area contributed by atoms with Gasteiger partial charge in [0.05, 0.1) is 13.2 Å². The van der Waals surface area contributed by atoms with E-state index < -0.39 is 0 Å². The summed E-state index contributed by atoms with van der Waals surface area (Å²) in [6, 6.07) is 0. The van der Waals surface area contributed by atoms with E-state index in [4.69, 9.17) is 15.3 Å². The lowest BCUT2D eigenvalue weighted by Crippen LogP contribution is -2.21. The number of aliphatic hydroxyl groups is 3. The highest BCUT2D eigenvalue weighted by Crippen LogP contribution is 1.54. The van der Waals surface area contributed by atoms with E-state index in [1.54, 1.807) is 6.92 Å². The van der Waals surface area contributed by atoms with E-state index in [2.05, 4.69) is 5.32 Å². The van der Waals surface area contributed by atoms with Gasteiger partial charge in [-0.1, -0.05) is 0 Å². The molecule has 0 heterocycles. The Morgan fingerprint density at radius 3 is 1.45 bits per heavy atom. The van der Waals surface area contributed by atoms with Crippen LogP contribution < -0.4 is 5.32 Å². The largest absolute Gasteiger partial charge is 0.412 e. The summed E-state index contributed by atoms with van der Waals surface area (Å²) in [5.74, 6) is 0. The average molecular weight is 169 g/mol. The van der Waals surface area contributed by atoms with Gasteiger partial charge in [0, 0.05) is 19.7 Å². The molecular formula is C6H19NO4. The molecule has 0 saturated heterocycles. The van der Waals surface area contributed by atoms with Crippen molar-refractivity contribution < 1.29 is 20.8 Å². The van der Waals surface area contributed by atoms with Crippen LogP contribution in [0.5, 0.6) is 0 Å². The predicted octanol–water partition coefficient (Wildman–Crippen LogP) is -2.27. The van der Waals surface area contributed by atoms with Gasteiger partial charge in [0.15, 0.2) is 0 Å². The maximum atomic E-state index is 8.15. The van der Waals surface area contributed by atoms with E-state index in [-0.39, 0.29) is 25.3 Å². The smallest absolute Gasteiger partial charge is 0.0555 e. The Morgan fingerprint density at radius 2 is 1.27 bits per heavy atom. The Bertz CT molecular complexity index is 41.6. The van der Waals surface area contributed by atoms with Gasteiger partial charge in [-0.3, -0.25) is 0 Å². The lowest BCUT2D eigenvalue weighted by molar-refractivity contribution is 0.266. The van der Waals surface area contributed by atoms with Gasteiger partial charge in [-0.15, -0.1) is 0 Å². The van der Waals surface area contributed by atoms with Crippen LogP contribution in [-0.4, -0.2) is 53.7 Å². The van der Waals surface area contributed by atoms with Crippen molar-refractivity contribution in [3.8, 4) is 0 Å². The number of hydrogen-bond donors (Lipinski definition) is 4. The van der Waals surface area contributed by atoms with Crippen molar-refractivity contribution in [1.29, 1.82) is 0 Å². The molecular weight excluding hydrogens is 150 g/mol. The maximum absolute atomic E-state index is 8.15. The predicted molar refractivity (Wildman–Crippen MR) is 43.4 cm³/mol. The first kappa shape index (κ1) is 17.0. The topological polar surface area (TPSA) is 104 Å². The van der Waals surface area contributed by atoms with Crippen molar-refractivity contribution in [2.75, 3.05) is 32.9 Å². The van der Waals surface area contributed by atoms with Crippen molar-refractivity contribution in [3.63, 3.8) is 0 Å². The van der Waals surface area contributed by atoms with Crippen LogP contribution in [-0.2, 0) is 0 Å². The summed E-state index contributed by atoms with van der Waals surface area (Å²) in [5.41, 5.74) is 0. The van der Waals surface area contributed by atoms with Gasteiger partial charge in [0.1, 0.15) is 0 Å². The van der Waals surface area contributed by atoms with Crippen molar-refractivity contribution in [1.82, 2.24) is 5.32 Å². The zero-order valence-corrected chi connectivity index (χ0v) is 6.88. The molecule has 0 aliphatic heterocycles. The number of rotatable bonds is 4.